The molecule has 0 saturated heterocycles. The van der Waals surface area contributed by atoms with Crippen LogP contribution in [0.15, 0.2) is 58.1 Å². The van der Waals surface area contributed by atoms with Gasteiger partial charge >= 0.3 is 5.69 Å². The molecule has 1 aromatic carbocycles. The van der Waals surface area contributed by atoms with Crippen molar-refractivity contribution >= 4 is 0 Å². The van der Waals surface area contributed by atoms with Gasteiger partial charge in [-0.1, -0.05) is 42.5 Å². The molecule has 0 spiro atoms. The molecule has 0 fully saturated rings. The molecule has 1 aliphatic heterocycles. The summed E-state index contributed by atoms with van der Waals surface area (Å²) in [7, 11) is 0. The highest BCUT2D eigenvalue weighted by atomic mass is 19.3. The summed E-state index contributed by atoms with van der Waals surface area (Å²) in [6.45, 7) is 1.74. The van der Waals surface area contributed by atoms with E-state index in [4.69, 9.17) is 0 Å². The second kappa shape index (κ2) is 5.61. The minimum absolute atomic E-state index is 0.0333. The second-order valence-corrected chi connectivity index (χ2v) is 5.60. The lowest BCUT2D eigenvalue weighted by Crippen LogP contribution is -2.44. The van der Waals surface area contributed by atoms with E-state index < -0.39 is 35.3 Å². The van der Waals surface area contributed by atoms with Crippen LogP contribution in [-0.4, -0.2) is 9.13 Å². The highest BCUT2D eigenvalue weighted by Gasteiger charge is 2.36. The molecular weight excluding hydrogens is 302 g/mol. The normalized spacial score (nSPS) is 17.3. The fraction of sp³-hybridized carbons (Fsp3) is 0.294. The van der Waals surface area contributed by atoms with E-state index in [1.807, 2.05) is 6.07 Å². The van der Waals surface area contributed by atoms with Crippen LogP contribution >= 0.6 is 0 Å². The van der Waals surface area contributed by atoms with E-state index >= 15 is 0 Å². The zero-order valence-corrected chi connectivity index (χ0v) is 12.6. The largest absolute Gasteiger partial charge is 0.332 e. The Kier molecular flexibility index (Phi) is 3.75. The Morgan fingerprint density at radius 2 is 1.83 bits per heavy atom. The van der Waals surface area contributed by atoms with E-state index in [9.17, 15) is 18.4 Å². The number of alkyl halides is 2. The van der Waals surface area contributed by atoms with Gasteiger partial charge in [0.25, 0.3) is 11.5 Å². The third-order valence-electron chi connectivity index (χ3n) is 4.10. The van der Waals surface area contributed by atoms with Crippen LogP contribution in [0.5, 0.6) is 0 Å². The van der Waals surface area contributed by atoms with Gasteiger partial charge in [0.1, 0.15) is 0 Å². The molecule has 120 valence electrons. The van der Waals surface area contributed by atoms with Crippen LogP contribution in [0.1, 0.15) is 30.6 Å². The summed E-state index contributed by atoms with van der Waals surface area (Å²) in [5.41, 5.74) is -1.17. The van der Waals surface area contributed by atoms with Gasteiger partial charge in [-0.2, -0.15) is 8.78 Å². The van der Waals surface area contributed by atoms with E-state index in [2.05, 4.69) is 0 Å². The van der Waals surface area contributed by atoms with Crippen LogP contribution in [0.2, 0.25) is 0 Å². The first-order chi connectivity index (χ1) is 10.9. The average Bonchev–Trinajstić information content (AvgIpc) is 2.67. The number of aromatic nitrogens is 2. The number of rotatable bonds is 2. The Labute approximate surface area is 131 Å². The third-order valence-corrected chi connectivity index (χ3v) is 4.10. The van der Waals surface area contributed by atoms with Crippen LogP contribution in [0.4, 0.5) is 8.78 Å². The quantitative estimate of drug-likeness (QED) is 0.799. The Morgan fingerprint density at radius 1 is 1.13 bits per heavy atom. The molecular formula is C17H16F2N2O2. The molecule has 2 aromatic rings. The van der Waals surface area contributed by atoms with Crippen molar-refractivity contribution in [1.29, 1.82) is 0 Å². The number of fused-ring (bicyclic) bond motifs is 1. The summed E-state index contributed by atoms with van der Waals surface area (Å²) in [6, 6.07) is 9.36. The minimum Gasteiger partial charge on any atom is -0.288 e. The lowest BCUT2D eigenvalue weighted by atomic mass is 10.1. The van der Waals surface area contributed by atoms with Gasteiger partial charge in [-0.25, -0.2) is 4.79 Å². The van der Waals surface area contributed by atoms with Crippen LogP contribution in [0, 0.1) is 0 Å². The molecule has 4 nitrogen and oxygen atoms in total. The van der Waals surface area contributed by atoms with Gasteiger partial charge in [0.05, 0.1) is 11.7 Å². The zero-order valence-electron chi connectivity index (χ0n) is 12.6. The summed E-state index contributed by atoms with van der Waals surface area (Å²) in [4.78, 5) is 25.0. The van der Waals surface area contributed by atoms with E-state index in [0.29, 0.717) is 0 Å². The van der Waals surface area contributed by atoms with Gasteiger partial charge in [0.15, 0.2) is 0 Å². The van der Waals surface area contributed by atoms with E-state index in [1.54, 1.807) is 31.2 Å². The first-order valence-corrected chi connectivity index (χ1v) is 7.36. The Balaban J connectivity index is 2.22. The number of nitrogens with zero attached hydrogens (tertiary/aromatic N) is 2. The summed E-state index contributed by atoms with van der Waals surface area (Å²) < 4.78 is 30.2. The fourth-order valence-corrected chi connectivity index (χ4v) is 2.82. The summed E-state index contributed by atoms with van der Waals surface area (Å²) in [5.74, 6) is -3.22. The topological polar surface area (TPSA) is 44.0 Å². The van der Waals surface area contributed by atoms with Crippen LogP contribution in [0.3, 0.4) is 0 Å². The lowest BCUT2D eigenvalue weighted by molar-refractivity contribution is -0.00894. The Hall–Kier alpha value is -2.50. The predicted octanol–water partition coefficient (Wildman–Crippen LogP) is 2.67. The summed E-state index contributed by atoms with van der Waals surface area (Å²) >= 11 is 0. The highest BCUT2D eigenvalue weighted by Crippen LogP contribution is 2.32. The van der Waals surface area contributed by atoms with Crippen molar-refractivity contribution in [1.82, 2.24) is 9.13 Å². The number of hydrogen-bond donors (Lipinski definition) is 0. The number of hydrogen-bond acceptors (Lipinski definition) is 2. The molecule has 0 unspecified atom stereocenters. The molecule has 3 rings (SSSR count). The average molecular weight is 318 g/mol. The van der Waals surface area contributed by atoms with Crippen molar-refractivity contribution < 1.29 is 8.78 Å². The van der Waals surface area contributed by atoms with Gasteiger partial charge in [-0.3, -0.25) is 13.9 Å². The molecule has 23 heavy (non-hydrogen) atoms. The monoisotopic (exact) mass is 318 g/mol. The SMILES string of the molecule is C[C@H](c1ccccc1)n1c(=O)cc2n(c1=O)CC=CCC2(F)F. The summed E-state index contributed by atoms with van der Waals surface area (Å²) in [5, 5.41) is 0. The molecule has 0 amide bonds. The van der Waals surface area contributed by atoms with Crippen molar-refractivity contribution in [3.05, 3.63) is 80.6 Å². The number of allylic oxidation sites excluding steroid dienone is 2. The molecule has 1 aromatic heterocycles. The van der Waals surface area contributed by atoms with Gasteiger partial charge in [-0.15, -0.1) is 0 Å². The van der Waals surface area contributed by atoms with Crippen LogP contribution in [-0.2, 0) is 12.5 Å². The van der Waals surface area contributed by atoms with Gasteiger partial charge in [0, 0.05) is 19.0 Å². The second-order valence-electron chi connectivity index (χ2n) is 5.60. The van der Waals surface area contributed by atoms with E-state index in [-0.39, 0.29) is 6.54 Å². The van der Waals surface area contributed by atoms with Crippen molar-refractivity contribution in [3.8, 4) is 0 Å². The molecule has 0 N–H and O–H groups in total. The molecule has 0 saturated carbocycles. The molecule has 0 bridgehead atoms. The molecule has 0 radical (unpaired) electrons. The third kappa shape index (κ3) is 2.65. The fourth-order valence-electron chi connectivity index (χ4n) is 2.82. The molecule has 0 aliphatic carbocycles. The standard InChI is InChI=1S/C17H16F2N2O2/c1-12(13-7-3-2-4-8-13)21-15(22)11-14-17(18,19)9-5-6-10-20(14)16(21)23/h2-8,11-12H,9-10H2,1H3/t12-/m1/s1. The van der Waals surface area contributed by atoms with Crippen molar-refractivity contribution in [2.45, 2.75) is 31.9 Å². The first kappa shape index (κ1) is 15.4. The van der Waals surface area contributed by atoms with Gasteiger partial charge in [0.2, 0.25) is 0 Å². The molecule has 1 aliphatic rings. The van der Waals surface area contributed by atoms with Gasteiger partial charge in [-0.05, 0) is 12.5 Å². The maximum absolute atomic E-state index is 14.1. The molecule has 1 atom stereocenters. The predicted molar refractivity (Wildman–Crippen MR) is 82.9 cm³/mol. The van der Waals surface area contributed by atoms with Crippen LogP contribution in [0.25, 0.3) is 0 Å². The van der Waals surface area contributed by atoms with Crippen molar-refractivity contribution in [3.63, 3.8) is 0 Å². The smallest absolute Gasteiger partial charge is 0.288 e. The van der Waals surface area contributed by atoms with Gasteiger partial charge < -0.3 is 0 Å². The van der Waals surface area contributed by atoms with Crippen molar-refractivity contribution in [2.75, 3.05) is 0 Å². The maximum Gasteiger partial charge on any atom is 0.332 e. The zero-order chi connectivity index (χ0) is 16.6. The lowest BCUT2D eigenvalue weighted by Gasteiger charge is -2.21. The Morgan fingerprint density at radius 3 is 2.52 bits per heavy atom. The van der Waals surface area contributed by atoms with E-state index in [1.165, 1.54) is 12.2 Å². The summed E-state index contributed by atoms with van der Waals surface area (Å²) in [6.07, 6.45) is 2.35. The van der Waals surface area contributed by atoms with Crippen LogP contribution < -0.4 is 11.2 Å². The number of halogens is 2. The number of benzene rings is 1. The Bertz CT molecular complexity index is 866. The maximum atomic E-state index is 14.1. The van der Waals surface area contributed by atoms with Crippen molar-refractivity contribution in [2.24, 2.45) is 0 Å². The molecule has 2 heterocycles. The highest BCUT2D eigenvalue weighted by molar-refractivity contribution is 5.21. The minimum atomic E-state index is -3.22. The van der Waals surface area contributed by atoms with E-state index in [0.717, 1.165) is 20.8 Å². The first-order valence-electron chi connectivity index (χ1n) is 7.36. The molecule has 6 heteroatoms.